The molecule has 1 atom stereocenters. The van der Waals surface area contributed by atoms with Crippen LogP contribution in [0.25, 0.3) is 0 Å². The van der Waals surface area contributed by atoms with Crippen molar-refractivity contribution in [3.63, 3.8) is 0 Å². The predicted molar refractivity (Wildman–Crippen MR) is 74.7 cm³/mol. The largest absolute Gasteiger partial charge is 0.387 e. The van der Waals surface area contributed by atoms with Gasteiger partial charge in [0.2, 0.25) is 0 Å². The van der Waals surface area contributed by atoms with Crippen LogP contribution in [0.1, 0.15) is 37.5 Å². The van der Waals surface area contributed by atoms with E-state index in [2.05, 4.69) is 5.32 Å². The van der Waals surface area contributed by atoms with Crippen LogP contribution in [0.15, 0.2) is 18.2 Å². The molecule has 3 nitrogen and oxygen atoms in total. The molecule has 4 heteroatoms. The lowest BCUT2D eigenvalue weighted by Gasteiger charge is -2.13. The van der Waals surface area contributed by atoms with Crippen molar-refractivity contribution in [3.8, 4) is 0 Å². The van der Waals surface area contributed by atoms with Gasteiger partial charge in [-0.3, -0.25) is 0 Å². The summed E-state index contributed by atoms with van der Waals surface area (Å²) in [6.07, 6.45) is 0.561. The molecule has 0 saturated heterocycles. The lowest BCUT2D eigenvalue weighted by molar-refractivity contribution is 0.0763. The highest BCUT2D eigenvalue weighted by Gasteiger charge is 2.08. The molecule has 0 aromatic heterocycles. The molecule has 1 aromatic carbocycles. The molecule has 0 saturated carbocycles. The van der Waals surface area contributed by atoms with Crippen molar-refractivity contribution in [2.45, 2.75) is 39.4 Å². The first kappa shape index (κ1) is 16.1. The molecule has 0 fully saturated rings. The van der Waals surface area contributed by atoms with Crippen molar-refractivity contribution in [2.24, 2.45) is 0 Å². The Hall–Kier alpha value is -0.970. The SMILES string of the molecule is Cc1cc(C(O)CNCCCOC(C)C)ccc1F. The quantitative estimate of drug-likeness (QED) is 0.713. The highest BCUT2D eigenvalue weighted by Crippen LogP contribution is 2.15. The molecule has 2 N–H and O–H groups in total. The fraction of sp³-hybridized carbons (Fsp3) is 0.600. The number of hydrogen-bond donors (Lipinski definition) is 2. The summed E-state index contributed by atoms with van der Waals surface area (Å²) in [7, 11) is 0. The molecule has 19 heavy (non-hydrogen) atoms. The third kappa shape index (κ3) is 6.14. The van der Waals surface area contributed by atoms with E-state index >= 15 is 0 Å². The van der Waals surface area contributed by atoms with Gasteiger partial charge in [0.1, 0.15) is 5.82 Å². The first-order chi connectivity index (χ1) is 9.00. The number of aliphatic hydroxyl groups excluding tert-OH is 1. The van der Waals surface area contributed by atoms with Gasteiger partial charge in [-0.05, 0) is 50.9 Å². The molecule has 1 aromatic rings. The van der Waals surface area contributed by atoms with Crippen LogP contribution < -0.4 is 5.32 Å². The first-order valence-corrected chi connectivity index (χ1v) is 6.77. The third-order valence-corrected chi connectivity index (χ3v) is 2.85. The Balaban J connectivity index is 2.23. The smallest absolute Gasteiger partial charge is 0.126 e. The van der Waals surface area contributed by atoms with Gasteiger partial charge < -0.3 is 15.2 Å². The van der Waals surface area contributed by atoms with Gasteiger partial charge in [-0.25, -0.2) is 4.39 Å². The number of nitrogens with one attached hydrogen (secondary N) is 1. The second kappa shape index (κ2) is 8.25. The Labute approximate surface area is 114 Å². The van der Waals surface area contributed by atoms with Gasteiger partial charge in [0.15, 0.2) is 0 Å². The number of aliphatic hydroxyl groups is 1. The lowest BCUT2D eigenvalue weighted by atomic mass is 10.1. The van der Waals surface area contributed by atoms with Gasteiger partial charge in [-0.2, -0.15) is 0 Å². The minimum atomic E-state index is -0.606. The Bertz CT molecular complexity index is 382. The topological polar surface area (TPSA) is 41.5 Å². The van der Waals surface area contributed by atoms with Crippen LogP contribution in [0.3, 0.4) is 0 Å². The van der Waals surface area contributed by atoms with E-state index in [-0.39, 0.29) is 11.9 Å². The fourth-order valence-corrected chi connectivity index (χ4v) is 1.75. The van der Waals surface area contributed by atoms with Crippen molar-refractivity contribution < 1.29 is 14.2 Å². The van der Waals surface area contributed by atoms with Crippen molar-refractivity contribution in [1.82, 2.24) is 5.32 Å². The predicted octanol–water partition coefficient (Wildman–Crippen LogP) is 2.57. The molecule has 0 aliphatic carbocycles. The number of ether oxygens (including phenoxy) is 1. The standard InChI is InChI=1S/C15H24FNO2/c1-11(2)19-8-4-7-17-10-15(18)13-5-6-14(16)12(3)9-13/h5-6,9,11,15,17-18H,4,7-8,10H2,1-3H3. The van der Waals surface area contributed by atoms with Gasteiger partial charge in [-0.1, -0.05) is 12.1 Å². The number of hydrogen-bond acceptors (Lipinski definition) is 3. The van der Waals surface area contributed by atoms with Gasteiger partial charge in [-0.15, -0.1) is 0 Å². The summed E-state index contributed by atoms with van der Waals surface area (Å²) < 4.78 is 18.5. The maximum atomic E-state index is 13.1. The van der Waals surface area contributed by atoms with E-state index in [0.717, 1.165) is 25.1 Å². The molecule has 0 amide bonds. The zero-order chi connectivity index (χ0) is 14.3. The van der Waals surface area contributed by atoms with Gasteiger partial charge in [0.05, 0.1) is 12.2 Å². The Morgan fingerprint density at radius 2 is 2.11 bits per heavy atom. The van der Waals surface area contributed by atoms with E-state index in [1.54, 1.807) is 19.1 Å². The van der Waals surface area contributed by atoms with Crippen LogP contribution in [0, 0.1) is 12.7 Å². The number of halogens is 1. The third-order valence-electron chi connectivity index (χ3n) is 2.85. The number of aryl methyl sites for hydroxylation is 1. The summed E-state index contributed by atoms with van der Waals surface area (Å²) in [5.74, 6) is -0.241. The number of benzene rings is 1. The highest BCUT2D eigenvalue weighted by molar-refractivity contribution is 5.25. The summed E-state index contributed by atoms with van der Waals surface area (Å²) in [6, 6.07) is 4.70. The Morgan fingerprint density at radius 1 is 1.37 bits per heavy atom. The van der Waals surface area contributed by atoms with Crippen LogP contribution in [-0.2, 0) is 4.74 Å². The van der Waals surface area contributed by atoms with Crippen LogP contribution in [0.5, 0.6) is 0 Å². The van der Waals surface area contributed by atoms with Crippen molar-refractivity contribution >= 4 is 0 Å². The minimum absolute atomic E-state index is 0.241. The maximum Gasteiger partial charge on any atom is 0.126 e. The van der Waals surface area contributed by atoms with E-state index in [4.69, 9.17) is 4.74 Å². The van der Waals surface area contributed by atoms with Gasteiger partial charge >= 0.3 is 0 Å². The van der Waals surface area contributed by atoms with Crippen LogP contribution in [0.2, 0.25) is 0 Å². The summed E-state index contributed by atoms with van der Waals surface area (Å²) in [5.41, 5.74) is 1.30. The molecule has 0 aliphatic heterocycles. The fourth-order valence-electron chi connectivity index (χ4n) is 1.75. The molecule has 108 valence electrons. The van der Waals surface area contributed by atoms with E-state index in [1.165, 1.54) is 6.07 Å². The van der Waals surface area contributed by atoms with Gasteiger partial charge in [0, 0.05) is 13.2 Å². The van der Waals surface area contributed by atoms with Crippen LogP contribution in [0.4, 0.5) is 4.39 Å². The second-order valence-electron chi connectivity index (χ2n) is 5.00. The van der Waals surface area contributed by atoms with Crippen molar-refractivity contribution in [3.05, 3.63) is 35.1 Å². The van der Waals surface area contributed by atoms with Gasteiger partial charge in [0.25, 0.3) is 0 Å². The van der Waals surface area contributed by atoms with Crippen LogP contribution >= 0.6 is 0 Å². The summed E-state index contributed by atoms with van der Waals surface area (Å²) in [5, 5.41) is 13.1. The molecule has 0 spiro atoms. The average Bonchev–Trinajstić information content (AvgIpc) is 2.36. The van der Waals surface area contributed by atoms with Crippen LogP contribution in [-0.4, -0.2) is 30.9 Å². The summed E-state index contributed by atoms with van der Waals surface area (Å²) in [4.78, 5) is 0. The average molecular weight is 269 g/mol. The number of rotatable bonds is 8. The minimum Gasteiger partial charge on any atom is -0.387 e. The summed E-state index contributed by atoms with van der Waals surface area (Å²) in [6.45, 7) is 7.69. The van der Waals surface area contributed by atoms with E-state index in [9.17, 15) is 9.50 Å². The molecule has 0 radical (unpaired) electrons. The van der Waals surface area contributed by atoms with E-state index in [1.807, 2.05) is 13.8 Å². The summed E-state index contributed by atoms with van der Waals surface area (Å²) >= 11 is 0. The zero-order valence-electron chi connectivity index (χ0n) is 11.9. The Kier molecular flexibility index (Phi) is 6.99. The van der Waals surface area contributed by atoms with E-state index in [0.29, 0.717) is 12.1 Å². The molecule has 1 unspecified atom stereocenters. The zero-order valence-corrected chi connectivity index (χ0v) is 11.9. The Morgan fingerprint density at radius 3 is 2.74 bits per heavy atom. The highest BCUT2D eigenvalue weighted by atomic mass is 19.1. The second-order valence-corrected chi connectivity index (χ2v) is 5.00. The molecule has 1 rings (SSSR count). The maximum absolute atomic E-state index is 13.1. The van der Waals surface area contributed by atoms with E-state index < -0.39 is 6.10 Å². The lowest BCUT2D eigenvalue weighted by Crippen LogP contribution is -2.23. The monoisotopic (exact) mass is 269 g/mol. The normalized spacial score (nSPS) is 12.9. The molecule has 0 aliphatic rings. The molecule has 0 bridgehead atoms. The molecular formula is C15H24FNO2. The molecule has 0 heterocycles. The first-order valence-electron chi connectivity index (χ1n) is 6.77. The van der Waals surface area contributed by atoms with Crippen molar-refractivity contribution in [1.29, 1.82) is 0 Å². The molecular weight excluding hydrogens is 245 g/mol. The van der Waals surface area contributed by atoms with Crippen molar-refractivity contribution in [2.75, 3.05) is 19.7 Å².